The highest BCUT2D eigenvalue weighted by Crippen LogP contribution is 2.22. The number of hydrogen-bond donors (Lipinski definition) is 2. The Hall–Kier alpha value is -2.62. The Labute approximate surface area is 136 Å². The molecule has 0 aliphatic rings. The van der Waals surface area contributed by atoms with Crippen molar-refractivity contribution >= 4 is 11.6 Å². The Morgan fingerprint density at radius 1 is 1.04 bits per heavy atom. The van der Waals surface area contributed by atoms with Crippen LogP contribution < -0.4 is 5.43 Å². The van der Waals surface area contributed by atoms with E-state index in [2.05, 4.69) is 43.4 Å². The van der Waals surface area contributed by atoms with Crippen LogP contribution in [0.15, 0.2) is 53.6 Å². The fourth-order valence-corrected chi connectivity index (χ4v) is 2.14. The lowest BCUT2D eigenvalue weighted by molar-refractivity contribution is 0.0952. The topological polar surface area (TPSA) is 61.7 Å². The molecule has 23 heavy (non-hydrogen) atoms. The number of rotatable bonds is 3. The third-order valence-electron chi connectivity index (χ3n) is 3.64. The van der Waals surface area contributed by atoms with E-state index in [1.807, 2.05) is 19.1 Å². The van der Waals surface area contributed by atoms with Crippen molar-refractivity contribution in [1.29, 1.82) is 0 Å². The molecule has 0 atom stereocenters. The van der Waals surface area contributed by atoms with Crippen molar-refractivity contribution < 1.29 is 9.90 Å². The highest BCUT2D eigenvalue weighted by Gasteiger charge is 2.13. The first-order valence-corrected chi connectivity index (χ1v) is 7.52. The van der Waals surface area contributed by atoms with Crippen molar-refractivity contribution in [3.05, 3.63) is 65.2 Å². The molecule has 0 spiro atoms. The zero-order valence-electron chi connectivity index (χ0n) is 13.9. The molecule has 0 fully saturated rings. The number of phenols is 1. The Morgan fingerprint density at radius 3 is 2.22 bits per heavy atom. The number of carbonyl (C=O) groups excluding carboxylic acids is 1. The fraction of sp³-hybridized carbons (Fsp3) is 0.263. The van der Waals surface area contributed by atoms with Crippen LogP contribution in [-0.4, -0.2) is 16.7 Å². The molecule has 4 nitrogen and oxygen atoms in total. The van der Waals surface area contributed by atoms with Gasteiger partial charge in [0, 0.05) is 0 Å². The highest BCUT2D eigenvalue weighted by atomic mass is 16.3. The number of nitrogens with zero attached hydrogens (tertiary/aromatic N) is 1. The minimum atomic E-state index is -0.436. The summed E-state index contributed by atoms with van der Waals surface area (Å²) in [5.74, 6) is -0.499. The van der Waals surface area contributed by atoms with Crippen LogP contribution in [0.3, 0.4) is 0 Å². The van der Waals surface area contributed by atoms with E-state index in [0.717, 1.165) is 5.56 Å². The largest absolute Gasteiger partial charge is 0.507 e. The molecule has 2 rings (SSSR count). The summed E-state index contributed by atoms with van der Waals surface area (Å²) >= 11 is 0. The van der Waals surface area contributed by atoms with Crippen LogP contribution in [0.1, 0.15) is 49.2 Å². The van der Waals surface area contributed by atoms with Gasteiger partial charge < -0.3 is 5.11 Å². The Balaban J connectivity index is 2.11. The Morgan fingerprint density at radius 2 is 1.65 bits per heavy atom. The summed E-state index contributed by atoms with van der Waals surface area (Å²) in [5, 5.41) is 13.8. The zero-order valence-corrected chi connectivity index (χ0v) is 13.9. The van der Waals surface area contributed by atoms with Gasteiger partial charge in [-0.25, -0.2) is 5.43 Å². The molecule has 2 aromatic rings. The van der Waals surface area contributed by atoms with Crippen LogP contribution in [0.25, 0.3) is 0 Å². The molecule has 120 valence electrons. The third kappa shape index (κ3) is 4.19. The number of para-hydroxylation sites is 1. The summed E-state index contributed by atoms with van der Waals surface area (Å²) in [6.07, 6.45) is 0. The molecule has 2 N–H and O–H groups in total. The van der Waals surface area contributed by atoms with Crippen molar-refractivity contribution in [3.63, 3.8) is 0 Å². The van der Waals surface area contributed by atoms with Gasteiger partial charge in [0.15, 0.2) is 0 Å². The summed E-state index contributed by atoms with van der Waals surface area (Å²) in [7, 11) is 0. The molecule has 4 heteroatoms. The molecular formula is C19H22N2O2. The average Bonchev–Trinajstić information content (AvgIpc) is 2.52. The molecule has 1 amide bonds. The second kappa shape index (κ2) is 6.65. The second-order valence-electron chi connectivity index (χ2n) is 6.48. The van der Waals surface area contributed by atoms with Crippen LogP contribution >= 0.6 is 0 Å². The van der Waals surface area contributed by atoms with Gasteiger partial charge in [0.1, 0.15) is 5.75 Å². The van der Waals surface area contributed by atoms with Crippen molar-refractivity contribution in [2.24, 2.45) is 5.10 Å². The van der Waals surface area contributed by atoms with Gasteiger partial charge in [0.25, 0.3) is 5.91 Å². The molecule has 0 radical (unpaired) electrons. The summed E-state index contributed by atoms with van der Waals surface area (Å²) in [4.78, 5) is 12.0. The van der Waals surface area contributed by atoms with Gasteiger partial charge in [-0.3, -0.25) is 4.79 Å². The minimum Gasteiger partial charge on any atom is -0.507 e. The third-order valence-corrected chi connectivity index (χ3v) is 3.64. The van der Waals surface area contributed by atoms with Gasteiger partial charge in [-0.2, -0.15) is 5.10 Å². The van der Waals surface area contributed by atoms with E-state index < -0.39 is 5.91 Å². The number of hydrazone groups is 1. The maximum absolute atomic E-state index is 12.0. The Kier molecular flexibility index (Phi) is 4.84. The van der Waals surface area contributed by atoms with Gasteiger partial charge in [-0.05, 0) is 35.6 Å². The molecule has 0 aliphatic heterocycles. The molecule has 0 saturated carbocycles. The standard InChI is InChI=1S/C19H22N2O2/c1-13(14-9-11-15(12-10-14)19(2,3)4)20-21-18(23)16-7-5-6-8-17(16)22/h5-12,22H,1-4H3,(H,21,23)/b20-13-. The molecule has 0 bridgehead atoms. The minimum absolute atomic E-state index is 0.0626. The van der Waals surface area contributed by atoms with Crippen LogP contribution in [-0.2, 0) is 5.41 Å². The summed E-state index contributed by atoms with van der Waals surface area (Å²) in [6, 6.07) is 14.5. The summed E-state index contributed by atoms with van der Waals surface area (Å²) in [5.41, 5.74) is 5.66. The van der Waals surface area contributed by atoms with Crippen LogP contribution in [0, 0.1) is 0 Å². The van der Waals surface area contributed by atoms with Crippen molar-refractivity contribution in [2.45, 2.75) is 33.1 Å². The summed E-state index contributed by atoms with van der Waals surface area (Å²) < 4.78 is 0. The number of aromatic hydroxyl groups is 1. The normalized spacial score (nSPS) is 12.1. The fourth-order valence-electron chi connectivity index (χ4n) is 2.14. The van der Waals surface area contributed by atoms with Gasteiger partial charge in [-0.1, -0.05) is 57.2 Å². The summed E-state index contributed by atoms with van der Waals surface area (Å²) in [6.45, 7) is 8.32. The van der Waals surface area contributed by atoms with E-state index in [9.17, 15) is 9.90 Å². The van der Waals surface area contributed by atoms with E-state index >= 15 is 0 Å². The number of benzene rings is 2. The number of phenolic OH excluding ortho intramolecular Hbond substituents is 1. The maximum Gasteiger partial charge on any atom is 0.275 e. The zero-order chi connectivity index (χ0) is 17.0. The van der Waals surface area contributed by atoms with Crippen LogP contribution in [0.5, 0.6) is 5.75 Å². The van der Waals surface area contributed by atoms with Crippen molar-refractivity contribution in [2.75, 3.05) is 0 Å². The highest BCUT2D eigenvalue weighted by molar-refractivity contribution is 6.01. The lowest BCUT2D eigenvalue weighted by atomic mass is 9.86. The van der Waals surface area contributed by atoms with E-state index in [1.54, 1.807) is 18.2 Å². The van der Waals surface area contributed by atoms with Gasteiger partial charge in [0.2, 0.25) is 0 Å². The Bertz CT molecular complexity index is 726. The SMILES string of the molecule is C/C(=N/NC(=O)c1ccccc1O)c1ccc(C(C)(C)C)cc1. The first-order valence-electron chi connectivity index (χ1n) is 7.52. The van der Waals surface area contributed by atoms with E-state index in [1.165, 1.54) is 11.6 Å². The van der Waals surface area contributed by atoms with Gasteiger partial charge in [0.05, 0.1) is 11.3 Å². The second-order valence-corrected chi connectivity index (χ2v) is 6.48. The van der Waals surface area contributed by atoms with E-state index in [4.69, 9.17) is 0 Å². The smallest absolute Gasteiger partial charge is 0.275 e. The van der Waals surface area contributed by atoms with E-state index in [0.29, 0.717) is 5.71 Å². The number of hydrogen-bond acceptors (Lipinski definition) is 3. The molecule has 0 aliphatic carbocycles. The van der Waals surface area contributed by atoms with Gasteiger partial charge in [-0.15, -0.1) is 0 Å². The first-order chi connectivity index (χ1) is 10.8. The molecule has 2 aromatic carbocycles. The lowest BCUT2D eigenvalue weighted by Gasteiger charge is -2.19. The molecule has 0 unspecified atom stereocenters. The number of nitrogens with one attached hydrogen (secondary N) is 1. The molecule has 0 aromatic heterocycles. The quantitative estimate of drug-likeness (QED) is 0.668. The van der Waals surface area contributed by atoms with Crippen molar-refractivity contribution in [1.82, 2.24) is 5.43 Å². The van der Waals surface area contributed by atoms with Crippen LogP contribution in [0.2, 0.25) is 0 Å². The lowest BCUT2D eigenvalue weighted by Crippen LogP contribution is -2.19. The molecule has 0 heterocycles. The average molecular weight is 310 g/mol. The molecule has 0 saturated heterocycles. The monoisotopic (exact) mass is 310 g/mol. The van der Waals surface area contributed by atoms with E-state index in [-0.39, 0.29) is 16.7 Å². The first kappa shape index (κ1) is 16.7. The number of carbonyl (C=O) groups is 1. The predicted molar refractivity (Wildman–Crippen MR) is 92.9 cm³/mol. The molecular weight excluding hydrogens is 288 g/mol. The van der Waals surface area contributed by atoms with Gasteiger partial charge >= 0.3 is 0 Å². The van der Waals surface area contributed by atoms with Crippen LogP contribution in [0.4, 0.5) is 0 Å². The maximum atomic E-state index is 12.0. The predicted octanol–water partition coefficient (Wildman–Crippen LogP) is 3.84. The van der Waals surface area contributed by atoms with Crippen molar-refractivity contribution in [3.8, 4) is 5.75 Å². The number of amides is 1.